The van der Waals surface area contributed by atoms with E-state index in [2.05, 4.69) is 5.32 Å². The number of ether oxygens (including phenoxy) is 4. The zero-order valence-corrected chi connectivity index (χ0v) is 18.7. The van der Waals surface area contributed by atoms with Gasteiger partial charge in [-0.05, 0) is 31.5 Å². The molecule has 0 heterocycles. The van der Waals surface area contributed by atoms with Crippen LogP contribution in [0.5, 0.6) is 5.75 Å². The van der Waals surface area contributed by atoms with Gasteiger partial charge in [0.05, 0.1) is 32.3 Å². The van der Waals surface area contributed by atoms with Gasteiger partial charge < -0.3 is 34.5 Å². The molecule has 0 spiro atoms. The maximum atomic E-state index is 11.3. The third kappa shape index (κ3) is 13.0. The predicted octanol–water partition coefficient (Wildman–Crippen LogP) is 2.32. The van der Waals surface area contributed by atoms with Gasteiger partial charge in [-0.25, -0.2) is 4.79 Å². The molecular formula is C22H35NO8. The Hall–Kier alpha value is -2.20. The summed E-state index contributed by atoms with van der Waals surface area (Å²) in [7, 11) is 0. The van der Waals surface area contributed by atoms with Gasteiger partial charge in [0.1, 0.15) is 18.5 Å². The van der Waals surface area contributed by atoms with E-state index in [-0.39, 0.29) is 18.8 Å². The number of rotatable bonds is 17. The number of nitrogens with one attached hydrogen (secondary N) is 1. The van der Waals surface area contributed by atoms with Crippen molar-refractivity contribution in [1.82, 2.24) is 5.32 Å². The van der Waals surface area contributed by atoms with E-state index in [9.17, 15) is 14.7 Å². The summed E-state index contributed by atoms with van der Waals surface area (Å²) in [4.78, 5) is 22.2. The Labute approximate surface area is 183 Å². The Bertz CT molecular complexity index is 647. The summed E-state index contributed by atoms with van der Waals surface area (Å²) in [6.45, 7) is 9.75. The summed E-state index contributed by atoms with van der Waals surface area (Å²) in [6, 6.07) is 7.50. The standard InChI is InChI=1S/C22H35NO8/c1-15(2)23-12-19(31-20(22(26)27)11-21(24)25)14-30-18-7-5-17(6-8-18)13-28-9-10-29-16(3)4/h5-8,15-16,19-20,23H,9-14H2,1-4H3,(H,24,25)(H,26,27). The summed E-state index contributed by atoms with van der Waals surface area (Å²) in [5.74, 6) is -1.97. The molecule has 2 atom stereocenters. The van der Waals surface area contributed by atoms with Gasteiger partial charge >= 0.3 is 11.9 Å². The van der Waals surface area contributed by atoms with E-state index in [0.29, 0.717) is 32.1 Å². The van der Waals surface area contributed by atoms with Crippen molar-refractivity contribution in [3.63, 3.8) is 0 Å². The van der Waals surface area contributed by atoms with Crippen molar-refractivity contribution >= 4 is 11.9 Å². The maximum Gasteiger partial charge on any atom is 0.333 e. The summed E-state index contributed by atoms with van der Waals surface area (Å²) in [5.41, 5.74) is 0.985. The van der Waals surface area contributed by atoms with E-state index in [1.165, 1.54) is 0 Å². The molecule has 1 rings (SSSR count). The number of hydrogen-bond donors (Lipinski definition) is 3. The van der Waals surface area contributed by atoms with Crippen molar-refractivity contribution in [3.8, 4) is 5.75 Å². The molecule has 0 aliphatic heterocycles. The van der Waals surface area contributed by atoms with Crippen molar-refractivity contribution in [1.29, 1.82) is 0 Å². The van der Waals surface area contributed by atoms with E-state index < -0.39 is 30.6 Å². The molecule has 9 nitrogen and oxygen atoms in total. The van der Waals surface area contributed by atoms with Gasteiger partial charge in [-0.2, -0.15) is 0 Å². The molecule has 9 heteroatoms. The van der Waals surface area contributed by atoms with Gasteiger partial charge in [-0.15, -0.1) is 0 Å². The van der Waals surface area contributed by atoms with E-state index >= 15 is 0 Å². The first-order valence-corrected chi connectivity index (χ1v) is 10.4. The van der Waals surface area contributed by atoms with E-state index in [4.69, 9.17) is 24.1 Å². The first-order chi connectivity index (χ1) is 14.7. The molecule has 0 saturated carbocycles. The van der Waals surface area contributed by atoms with Crippen LogP contribution in [0, 0.1) is 0 Å². The SMILES string of the molecule is CC(C)NCC(COc1ccc(COCCOC(C)C)cc1)OC(CC(=O)O)C(=O)O. The lowest BCUT2D eigenvalue weighted by atomic mass is 10.2. The van der Waals surface area contributed by atoms with E-state index in [1.54, 1.807) is 12.1 Å². The molecule has 0 saturated heterocycles. The van der Waals surface area contributed by atoms with Crippen molar-refractivity contribution in [2.24, 2.45) is 0 Å². The Kier molecular flexibility index (Phi) is 12.8. The summed E-state index contributed by atoms with van der Waals surface area (Å²) < 4.78 is 22.2. The second kappa shape index (κ2) is 14.7. The number of carboxylic acid groups (broad SMARTS) is 2. The lowest BCUT2D eigenvalue weighted by Crippen LogP contribution is -2.41. The van der Waals surface area contributed by atoms with Crippen LogP contribution in [-0.2, 0) is 30.4 Å². The molecule has 176 valence electrons. The second-order valence-electron chi connectivity index (χ2n) is 7.67. The van der Waals surface area contributed by atoms with Crippen LogP contribution in [0.15, 0.2) is 24.3 Å². The van der Waals surface area contributed by atoms with Crippen LogP contribution in [-0.4, -0.2) is 72.9 Å². The average molecular weight is 442 g/mol. The van der Waals surface area contributed by atoms with Crippen molar-refractivity contribution in [2.45, 2.75) is 65.1 Å². The third-order valence-electron chi connectivity index (χ3n) is 4.05. The van der Waals surface area contributed by atoms with Crippen LogP contribution in [0.4, 0.5) is 0 Å². The summed E-state index contributed by atoms with van der Waals surface area (Å²) >= 11 is 0. The van der Waals surface area contributed by atoms with E-state index in [1.807, 2.05) is 39.8 Å². The fourth-order valence-corrected chi connectivity index (χ4v) is 2.50. The number of carboxylic acids is 2. The van der Waals surface area contributed by atoms with Crippen molar-refractivity contribution in [2.75, 3.05) is 26.4 Å². The predicted molar refractivity (Wildman–Crippen MR) is 114 cm³/mol. The van der Waals surface area contributed by atoms with Crippen LogP contribution in [0.2, 0.25) is 0 Å². The first kappa shape index (κ1) is 26.8. The average Bonchev–Trinajstić information content (AvgIpc) is 2.69. The van der Waals surface area contributed by atoms with Crippen LogP contribution in [0.3, 0.4) is 0 Å². The van der Waals surface area contributed by atoms with Gasteiger partial charge in [0.2, 0.25) is 0 Å². The van der Waals surface area contributed by atoms with Crippen molar-refractivity contribution < 1.29 is 38.7 Å². The fourth-order valence-electron chi connectivity index (χ4n) is 2.50. The lowest BCUT2D eigenvalue weighted by Gasteiger charge is -2.23. The molecule has 0 aliphatic rings. The molecule has 0 amide bonds. The molecular weight excluding hydrogens is 406 g/mol. The number of benzene rings is 1. The first-order valence-electron chi connectivity index (χ1n) is 10.4. The maximum absolute atomic E-state index is 11.3. The fraction of sp³-hybridized carbons (Fsp3) is 0.636. The van der Waals surface area contributed by atoms with Gasteiger partial charge in [-0.3, -0.25) is 4.79 Å². The normalized spacial score (nSPS) is 13.4. The zero-order chi connectivity index (χ0) is 23.2. The lowest BCUT2D eigenvalue weighted by molar-refractivity contribution is -0.161. The quantitative estimate of drug-likeness (QED) is 0.312. The topological polar surface area (TPSA) is 124 Å². The number of aliphatic carboxylic acids is 2. The van der Waals surface area contributed by atoms with Crippen LogP contribution >= 0.6 is 0 Å². The Morgan fingerprint density at radius 3 is 2.26 bits per heavy atom. The van der Waals surface area contributed by atoms with Crippen molar-refractivity contribution in [3.05, 3.63) is 29.8 Å². The molecule has 1 aromatic carbocycles. The molecule has 2 unspecified atom stereocenters. The molecule has 3 N–H and O–H groups in total. The Morgan fingerprint density at radius 1 is 1.03 bits per heavy atom. The molecule has 0 radical (unpaired) electrons. The van der Waals surface area contributed by atoms with Crippen LogP contribution < -0.4 is 10.1 Å². The van der Waals surface area contributed by atoms with Crippen LogP contribution in [0.1, 0.15) is 39.7 Å². The summed E-state index contributed by atoms with van der Waals surface area (Å²) in [5, 5.41) is 21.3. The highest BCUT2D eigenvalue weighted by molar-refractivity contribution is 5.79. The molecule has 0 fully saturated rings. The largest absolute Gasteiger partial charge is 0.491 e. The molecule has 31 heavy (non-hydrogen) atoms. The number of carbonyl (C=O) groups is 2. The third-order valence-corrected chi connectivity index (χ3v) is 4.05. The highest BCUT2D eigenvalue weighted by Crippen LogP contribution is 2.14. The van der Waals surface area contributed by atoms with E-state index in [0.717, 1.165) is 5.56 Å². The monoisotopic (exact) mass is 441 g/mol. The van der Waals surface area contributed by atoms with Gasteiger partial charge in [0, 0.05) is 12.6 Å². The second-order valence-corrected chi connectivity index (χ2v) is 7.67. The molecule has 0 bridgehead atoms. The molecule has 0 aromatic heterocycles. The van der Waals surface area contributed by atoms with Gasteiger partial charge in [0.25, 0.3) is 0 Å². The molecule has 1 aromatic rings. The van der Waals surface area contributed by atoms with Gasteiger partial charge in [0.15, 0.2) is 6.10 Å². The number of hydrogen-bond acceptors (Lipinski definition) is 7. The minimum Gasteiger partial charge on any atom is -0.491 e. The Balaban J connectivity index is 2.56. The van der Waals surface area contributed by atoms with Gasteiger partial charge in [-0.1, -0.05) is 26.0 Å². The minimum absolute atomic E-state index is 0.0749. The Morgan fingerprint density at radius 2 is 1.71 bits per heavy atom. The smallest absolute Gasteiger partial charge is 0.333 e. The molecule has 0 aliphatic carbocycles. The minimum atomic E-state index is -1.45. The summed E-state index contributed by atoms with van der Waals surface area (Å²) in [6.07, 6.45) is -2.52. The zero-order valence-electron chi connectivity index (χ0n) is 18.7. The van der Waals surface area contributed by atoms with Crippen LogP contribution in [0.25, 0.3) is 0 Å². The highest BCUT2D eigenvalue weighted by Gasteiger charge is 2.26. The highest BCUT2D eigenvalue weighted by atomic mass is 16.6.